The monoisotopic (exact) mass is 632 g/mol. The molecule has 41 heavy (non-hydrogen) atoms. The molecule has 5 rings (SSSR count). The van der Waals surface area contributed by atoms with Gasteiger partial charge in [-0.05, 0) is 69.3 Å². The van der Waals surface area contributed by atoms with E-state index < -0.39 is 53.8 Å². The SMILES string of the molecule is CN1CCN(CCCS(=O)(=O)CC[C@@H]2OCCC3(S(=O)(=O)c4ccc(Cl)cc4)c4c(F)ccc(F)c4OC[C@@H]23)CC1. The Labute approximate surface area is 245 Å². The van der Waals surface area contributed by atoms with Crippen LogP contribution in [0.2, 0.25) is 5.02 Å². The second-order valence-corrected chi connectivity index (χ2v) is 16.0. The van der Waals surface area contributed by atoms with Gasteiger partial charge in [0.15, 0.2) is 21.4 Å². The summed E-state index contributed by atoms with van der Waals surface area (Å²) in [7, 11) is -5.77. The zero-order valence-corrected chi connectivity index (χ0v) is 25.3. The van der Waals surface area contributed by atoms with Crippen LogP contribution < -0.4 is 4.74 Å². The zero-order chi connectivity index (χ0) is 29.4. The summed E-state index contributed by atoms with van der Waals surface area (Å²) in [5, 5.41) is 0.324. The van der Waals surface area contributed by atoms with Gasteiger partial charge in [-0.2, -0.15) is 0 Å². The van der Waals surface area contributed by atoms with E-state index in [1.165, 1.54) is 24.3 Å². The largest absolute Gasteiger partial charge is 0.490 e. The fraction of sp³-hybridized carbons (Fsp3) is 0.571. The Morgan fingerprint density at radius 1 is 0.976 bits per heavy atom. The lowest BCUT2D eigenvalue weighted by Gasteiger charge is -2.50. The van der Waals surface area contributed by atoms with E-state index in [1.807, 2.05) is 0 Å². The zero-order valence-electron chi connectivity index (χ0n) is 22.9. The molecule has 2 aromatic carbocycles. The van der Waals surface area contributed by atoms with Crippen molar-refractivity contribution in [3.63, 3.8) is 0 Å². The highest BCUT2D eigenvalue weighted by Gasteiger charge is 2.61. The van der Waals surface area contributed by atoms with Gasteiger partial charge in [0.1, 0.15) is 20.4 Å². The van der Waals surface area contributed by atoms with Gasteiger partial charge in [0.2, 0.25) is 0 Å². The molecule has 0 N–H and O–H groups in total. The lowest BCUT2D eigenvalue weighted by Crippen LogP contribution is -2.57. The van der Waals surface area contributed by atoms with Crippen LogP contribution >= 0.6 is 11.6 Å². The molecule has 0 bridgehead atoms. The number of halogens is 3. The molecule has 13 heteroatoms. The maximum atomic E-state index is 15.5. The molecular formula is C28H35ClF2N2O6S2. The molecule has 226 valence electrons. The first kappa shape index (κ1) is 30.6. The summed E-state index contributed by atoms with van der Waals surface area (Å²) in [6.45, 7) is 4.04. The van der Waals surface area contributed by atoms with Crippen LogP contribution in [0.25, 0.3) is 0 Å². The van der Waals surface area contributed by atoms with Gasteiger partial charge in [-0.25, -0.2) is 25.6 Å². The highest BCUT2D eigenvalue weighted by atomic mass is 35.5. The number of hydrogen-bond acceptors (Lipinski definition) is 8. The van der Waals surface area contributed by atoms with E-state index in [0.717, 1.165) is 38.3 Å². The van der Waals surface area contributed by atoms with E-state index in [0.29, 0.717) is 18.0 Å². The number of fused-ring (bicyclic) bond motifs is 3. The standard InChI is InChI=1S/C28H35ClF2N2O6S2/c1-32-12-14-33(15-13-32)11-2-17-40(34,35)18-9-25-22-19-39-27-24(31)8-7-23(30)26(27)28(22,10-16-38-25)41(36,37)21-5-3-20(29)4-6-21/h3-8,22,25H,2,9-19H2,1H3/t22-,25-,28?/m0/s1. The minimum Gasteiger partial charge on any atom is -0.490 e. The molecule has 2 saturated heterocycles. The first-order valence-corrected chi connectivity index (χ1v) is 17.5. The Kier molecular flexibility index (Phi) is 9.00. The highest BCUT2D eigenvalue weighted by Crippen LogP contribution is 2.56. The van der Waals surface area contributed by atoms with Crippen molar-refractivity contribution >= 4 is 31.3 Å². The fourth-order valence-electron chi connectivity index (χ4n) is 6.31. The molecule has 3 aliphatic rings. The number of nitrogens with zero attached hydrogens (tertiary/aromatic N) is 2. The van der Waals surface area contributed by atoms with Crippen LogP contribution in [0.1, 0.15) is 24.8 Å². The molecule has 0 radical (unpaired) electrons. The number of piperazine rings is 1. The number of sulfone groups is 2. The normalized spacial score (nSPS) is 25.8. The van der Waals surface area contributed by atoms with Crippen LogP contribution in [0.5, 0.6) is 5.75 Å². The molecular weight excluding hydrogens is 598 g/mol. The Bertz CT molecular complexity index is 1470. The summed E-state index contributed by atoms with van der Waals surface area (Å²) in [5.74, 6) is -3.38. The number of rotatable bonds is 9. The Balaban J connectivity index is 1.40. The van der Waals surface area contributed by atoms with Gasteiger partial charge in [0.25, 0.3) is 0 Å². The van der Waals surface area contributed by atoms with Crippen LogP contribution in [0.3, 0.4) is 0 Å². The quantitative estimate of drug-likeness (QED) is 0.415. The molecule has 3 aliphatic heterocycles. The van der Waals surface area contributed by atoms with E-state index in [-0.39, 0.29) is 48.0 Å². The van der Waals surface area contributed by atoms with Crippen LogP contribution in [-0.4, -0.2) is 97.2 Å². The van der Waals surface area contributed by atoms with Crippen molar-refractivity contribution in [3.05, 3.63) is 58.6 Å². The average Bonchev–Trinajstić information content (AvgIpc) is 2.94. The molecule has 2 aromatic rings. The smallest absolute Gasteiger partial charge is 0.189 e. The number of likely N-dealkylation sites (N-methyl/N-ethyl adjacent to an activating group) is 1. The van der Waals surface area contributed by atoms with Crippen molar-refractivity contribution in [1.29, 1.82) is 0 Å². The number of hydrogen-bond donors (Lipinski definition) is 0. The van der Waals surface area contributed by atoms with Crippen molar-refractivity contribution in [1.82, 2.24) is 9.80 Å². The van der Waals surface area contributed by atoms with E-state index in [1.54, 1.807) is 0 Å². The Morgan fingerprint density at radius 3 is 2.37 bits per heavy atom. The lowest BCUT2D eigenvalue weighted by atomic mass is 9.75. The topological polar surface area (TPSA) is 93.2 Å². The van der Waals surface area contributed by atoms with Gasteiger partial charge in [0, 0.05) is 43.7 Å². The average molecular weight is 633 g/mol. The van der Waals surface area contributed by atoms with Crippen LogP contribution in [0.4, 0.5) is 8.78 Å². The van der Waals surface area contributed by atoms with Crippen molar-refractivity contribution < 1.29 is 35.1 Å². The maximum Gasteiger partial charge on any atom is 0.189 e. The van der Waals surface area contributed by atoms with Gasteiger partial charge < -0.3 is 19.3 Å². The summed E-state index contributed by atoms with van der Waals surface area (Å²) >= 11 is 6.00. The van der Waals surface area contributed by atoms with Gasteiger partial charge in [-0.1, -0.05) is 11.6 Å². The summed E-state index contributed by atoms with van der Waals surface area (Å²) in [4.78, 5) is 4.39. The summed E-state index contributed by atoms with van der Waals surface area (Å²) in [5.41, 5.74) is -0.368. The lowest BCUT2D eigenvalue weighted by molar-refractivity contribution is -0.0732. The molecule has 3 heterocycles. The van der Waals surface area contributed by atoms with Gasteiger partial charge in [-0.15, -0.1) is 0 Å². The molecule has 0 aliphatic carbocycles. The summed E-state index contributed by atoms with van der Waals surface area (Å²) in [6.07, 6.45) is -0.506. The van der Waals surface area contributed by atoms with E-state index in [2.05, 4.69) is 16.8 Å². The van der Waals surface area contributed by atoms with Crippen molar-refractivity contribution in [2.45, 2.75) is 35.0 Å². The predicted octanol–water partition coefficient (Wildman–Crippen LogP) is 3.53. The fourth-order valence-corrected chi connectivity index (χ4v) is 10.1. The van der Waals surface area contributed by atoms with E-state index in [4.69, 9.17) is 21.1 Å². The molecule has 8 nitrogen and oxygen atoms in total. The van der Waals surface area contributed by atoms with Crippen LogP contribution in [-0.2, 0) is 29.2 Å². The van der Waals surface area contributed by atoms with E-state index >= 15 is 4.39 Å². The van der Waals surface area contributed by atoms with Crippen molar-refractivity contribution in [2.24, 2.45) is 5.92 Å². The first-order valence-electron chi connectivity index (χ1n) is 13.8. The molecule has 0 saturated carbocycles. The third kappa shape index (κ3) is 6.01. The minimum atomic E-state index is -4.35. The van der Waals surface area contributed by atoms with Crippen LogP contribution in [0.15, 0.2) is 41.3 Å². The number of ether oxygens (including phenoxy) is 2. The van der Waals surface area contributed by atoms with Crippen LogP contribution in [0, 0.1) is 17.6 Å². The first-order chi connectivity index (χ1) is 19.4. The molecule has 0 aromatic heterocycles. The molecule has 1 unspecified atom stereocenters. The molecule has 3 atom stereocenters. The van der Waals surface area contributed by atoms with Crippen molar-refractivity contribution in [3.8, 4) is 5.75 Å². The minimum absolute atomic E-state index is 0.00408. The summed E-state index contributed by atoms with van der Waals surface area (Å²) < 4.78 is 94.8. The van der Waals surface area contributed by atoms with Gasteiger partial charge >= 0.3 is 0 Å². The number of benzene rings is 2. The second kappa shape index (κ2) is 12.0. The summed E-state index contributed by atoms with van der Waals surface area (Å²) in [6, 6.07) is 7.33. The Hall–Kier alpha value is -1.83. The molecule has 0 spiro atoms. The third-order valence-corrected chi connectivity index (χ3v) is 13.2. The highest BCUT2D eigenvalue weighted by molar-refractivity contribution is 7.92. The predicted molar refractivity (Wildman–Crippen MR) is 152 cm³/mol. The molecule has 0 amide bonds. The Morgan fingerprint density at radius 2 is 1.66 bits per heavy atom. The van der Waals surface area contributed by atoms with Crippen molar-refractivity contribution in [2.75, 3.05) is 64.5 Å². The van der Waals surface area contributed by atoms with Gasteiger partial charge in [0.05, 0.1) is 34.7 Å². The third-order valence-electron chi connectivity index (χ3n) is 8.58. The van der Waals surface area contributed by atoms with Gasteiger partial charge in [-0.3, -0.25) is 0 Å². The van der Waals surface area contributed by atoms with E-state index in [9.17, 15) is 21.2 Å². The maximum absolute atomic E-state index is 15.5. The second-order valence-electron chi connectivity index (χ2n) is 11.1. The molecule has 2 fully saturated rings.